The van der Waals surface area contributed by atoms with Gasteiger partial charge >= 0.3 is 0 Å². The van der Waals surface area contributed by atoms with Gasteiger partial charge in [0.1, 0.15) is 0 Å². The summed E-state index contributed by atoms with van der Waals surface area (Å²) in [5, 5.41) is 5.76. The Bertz CT molecular complexity index is 1090. The Morgan fingerprint density at radius 3 is 2.41 bits per heavy atom. The maximum atomic E-state index is 6.21. The molecule has 7 heteroatoms. The topological polar surface area (TPSA) is 83.2 Å². The van der Waals surface area contributed by atoms with Crippen LogP contribution in [0, 0.1) is 5.92 Å². The molecule has 0 unspecified atom stereocenters. The van der Waals surface area contributed by atoms with E-state index in [1.165, 1.54) is 49.3 Å². The number of nitrogen functional groups attached to an aromatic ring is 1. The van der Waals surface area contributed by atoms with Crippen LogP contribution in [0.2, 0.25) is 0 Å². The van der Waals surface area contributed by atoms with E-state index in [-0.39, 0.29) is 5.95 Å². The molecule has 0 spiro atoms. The highest BCUT2D eigenvalue weighted by Gasteiger charge is 2.28. The summed E-state index contributed by atoms with van der Waals surface area (Å²) in [5.41, 5.74) is 7.16. The Hall–Kier alpha value is -2.93. The Kier molecular flexibility index (Phi) is 7.09. The highest BCUT2D eigenvalue weighted by Crippen LogP contribution is 2.29. The first-order chi connectivity index (χ1) is 16.6. The number of piperidine rings is 1. The Labute approximate surface area is 202 Å². The normalized spacial score (nSPS) is 18.6. The Morgan fingerprint density at radius 1 is 0.912 bits per heavy atom. The molecule has 180 valence electrons. The number of fused-ring (bicyclic) bond motifs is 1. The van der Waals surface area contributed by atoms with Gasteiger partial charge in [0.15, 0.2) is 0 Å². The van der Waals surface area contributed by atoms with E-state index >= 15 is 0 Å². The van der Waals surface area contributed by atoms with Gasteiger partial charge in [0.05, 0.1) is 0 Å². The van der Waals surface area contributed by atoms with E-state index in [1.54, 1.807) is 0 Å². The molecule has 34 heavy (non-hydrogen) atoms. The summed E-state index contributed by atoms with van der Waals surface area (Å²) in [6, 6.07) is 15.1. The smallest absolute Gasteiger partial charge is 0.233 e. The van der Waals surface area contributed by atoms with Gasteiger partial charge in [0.2, 0.25) is 17.8 Å². The van der Waals surface area contributed by atoms with Crippen LogP contribution in [0.5, 0.6) is 0 Å². The van der Waals surface area contributed by atoms with Crippen molar-refractivity contribution in [1.82, 2.24) is 19.9 Å². The minimum Gasteiger partial charge on any atom is -0.368 e. The maximum Gasteiger partial charge on any atom is 0.233 e. The number of rotatable bonds is 6. The first kappa shape index (κ1) is 22.8. The third kappa shape index (κ3) is 5.58. The highest BCUT2D eigenvalue weighted by atomic mass is 15.3. The highest BCUT2D eigenvalue weighted by molar-refractivity contribution is 5.86. The minimum atomic E-state index is 0.270. The van der Waals surface area contributed by atoms with Crippen molar-refractivity contribution >= 4 is 34.3 Å². The average Bonchev–Trinajstić information content (AvgIpc) is 3.11. The van der Waals surface area contributed by atoms with Crippen molar-refractivity contribution in [2.45, 2.75) is 57.4 Å². The second kappa shape index (κ2) is 10.6. The lowest BCUT2D eigenvalue weighted by Gasteiger charge is -2.39. The van der Waals surface area contributed by atoms with Crippen molar-refractivity contribution in [1.29, 1.82) is 0 Å². The van der Waals surface area contributed by atoms with Crippen LogP contribution in [0.4, 0.5) is 23.5 Å². The number of hydrogen-bond donors (Lipinski definition) is 2. The van der Waals surface area contributed by atoms with Crippen LogP contribution >= 0.6 is 0 Å². The van der Waals surface area contributed by atoms with Gasteiger partial charge < -0.3 is 20.9 Å². The molecule has 5 rings (SSSR count). The van der Waals surface area contributed by atoms with Gasteiger partial charge in [0.25, 0.3) is 0 Å². The number of nitrogens with two attached hydrogens (primary N) is 1. The fraction of sp³-hybridized carbons (Fsp3) is 0.519. The maximum absolute atomic E-state index is 6.21. The van der Waals surface area contributed by atoms with Crippen LogP contribution < -0.4 is 16.0 Å². The number of hydrogen-bond acceptors (Lipinski definition) is 7. The van der Waals surface area contributed by atoms with E-state index in [9.17, 15) is 0 Å². The zero-order chi connectivity index (χ0) is 23.3. The van der Waals surface area contributed by atoms with E-state index in [0.29, 0.717) is 17.9 Å². The lowest BCUT2D eigenvalue weighted by Crippen LogP contribution is -2.46. The molecule has 0 bridgehead atoms. The van der Waals surface area contributed by atoms with Crippen LogP contribution in [0.15, 0.2) is 42.5 Å². The molecule has 1 aromatic heterocycles. The summed E-state index contributed by atoms with van der Waals surface area (Å²) in [4.78, 5) is 18.8. The van der Waals surface area contributed by atoms with Gasteiger partial charge in [-0.25, -0.2) is 0 Å². The largest absolute Gasteiger partial charge is 0.368 e. The summed E-state index contributed by atoms with van der Waals surface area (Å²) < 4.78 is 0. The molecule has 3 aromatic rings. The van der Waals surface area contributed by atoms with Crippen molar-refractivity contribution in [3.05, 3.63) is 42.5 Å². The second-order valence-corrected chi connectivity index (χ2v) is 10.0. The molecular formula is C27H37N7. The van der Waals surface area contributed by atoms with Crippen molar-refractivity contribution in [2.75, 3.05) is 42.6 Å². The predicted octanol–water partition coefficient (Wildman–Crippen LogP) is 5.22. The fourth-order valence-electron chi connectivity index (χ4n) is 5.49. The van der Waals surface area contributed by atoms with Gasteiger partial charge in [0, 0.05) is 18.3 Å². The van der Waals surface area contributed by atoms with Gasteiger partial charge in [-0.05, 0) is 74.6 Å². The summed E-state index contributed by atoms with van der Waals surface area (Å²) >= 11 is 0. The average molecular weight is 460 g/mol. The Balaban J connectivity index is 1.41. The lowest BCUT2D eigenvalue weighted by molar-refractivity contribution is 0.244. The number of aromatic nitrogens is 3. The van der Waals surface area contributed by atoms with Crippen molar-refractivity contribution < 1.29 is 0 Å². The first-order valence-corrected chi connectivity index (χ1v) is 12.9. The third-order valence-corrected chi connectivity index (χ3v) is 7.46. The summed E-state index contributed by atoms with van der Waals surface area (Å²) in [6.07, 6.45) is 10.2. The number of nitrogens with one attached hydrogen (secondary N) is 1. The SMILES string of the molecule is CN1CCC(N(CC2CCCCCC2)c2nc(N)nc(Nc3ccc4ccccc4c3)n2)CC1. The molecule has 1 aliphatic carbocycles. The minimum absolute atomic E-state index is 0.270. The molecule has 0 radical (unpaired) electrons. The van der Waals surface area contributed by atoms with Crippen LogP contribution in [0.1, 0.15) is 51.4 Å². The molecule has 1 saturated heterocycles. The molecule has 2 heterocycles. The molecule has 3 N–H and O–H groups in total. The Morgan fingerprint density at radius 2 is 1.65 bits per heavy atom. The van der Waals surface area contributed by atoms with Crippen molar-refractivity contribution in [2.24, 2.45) is 5.92 Å². The van der Waals surface area contributed by atoms with E-state index in [1.807, 2.05) is 0 Å². The molecule has 0 amide bonds. The summed E-state index contributed by atoms with van der Waals surface area (Å²) in [5.74, 6) is 2.19. The molecule has 0 atom stereocenters. The quantitative estimate of drug-likeness (QED) is 0.489. The summed E-state index contributed by atoms with van der Waals surface area (Å²) in [6.45, 7) is 3.22. The van der Waals surface area contributed by atoms with Gasteiger partial charge in [-0.2, -0.15) is 15.0 Å². The monoisotopic (exact) mass is 459 g/mol. The van der Waals surface area contributed by atoms with Crippen LogP contribution in [0.3, 0.4) is 0 Å². The number of anilines is 4. The van der Waals surface area contributed by atoms with Gasteiger partial charge in [-0.15, -0.1) is 0 Å². The van der Waals surface area contributed by atoms with Gasteiger partial charge in [-0.3, -0.25) is 0 Å². The van der Waals surface area contributed by atoms with Crippen LogP contribution in [-0.4, -0.2) is 52.6 Å². The van der Waals surface area contributed by atoms with Crippen LogP contribution in [0.25, 0.3) is 10.8 Å². The molecule has 7 nitrogen and oxygen atoms in total. The molecular weight excluding hydrogens is 422 g/mol. The zero-order valence-electron chi connectivity index (χ0n) is 20.3. The van der Waals surface area contributed by atoms with E-state index in [2.05, 4.69) is 74.6 Å². The van der Waals surface area contributed by atoms with E-state index < -0.39 is 0 Å². The summed E-state index contributed by atoms with van der Waals surface area (Å²) in [7, 11) is 2.21. The van der Waals surface area contributed by atoms with E-state index in [4.69, 9.17) is 10.7 Å². The predicted molar refractivity (Wildman–Crippen MR) is 141 cm³/mol. The molecule has 2 aliphatic rings. The lowest BCUT2D eigenvalue weighted by atomic mass is 9.97. The molecule has 2 aromatic carbocycles. The van der Waals surface area contributed by atoms with Crippen LogP contribution in [-0.2, 0) is 0 Å². The fourth-order valence-corrected chi connectivity index (χ4v) is 5.49. The zero-order valence-corrected chi connectivity index (χ0v) is 20.3. The molecule has 1 aliphatic heterocycles. The molecule has 2 fully saturated rings. The van der Waals surface area contributed by atoms with Crippen molar-refractivity contribution in [3.8, 4) is 0 Å². The first-order valence-electron chi connectivity index (χ1n) is 12.9. The standard InChI is InChI=1S/C27H37N7/c1-33-16-14-24(15-17-33)34(19-20-8-4-2-3-5-9-20)27-31-25(28)30-26(32-27)29-23-13-12-21-10-6-7-11-22(21)18-23/h6-7,10-13,18,20,24H,2-5,8-9,14-17,19H2,1H3,(H3,28,29,30,31,32). The number of benzene rings is 2. The van der Waals surface area contributed by atoms with E-state index in [0.717, 1.165) is 44.1 Å². The number of nitrogens with zero attached hydrogens (tertiary/aromatic N) is 5. The number of likely N-dealkylation sites (tertiary alicyclic amines) is 1. The third-order valence-electron chi connectivity index (χ3n) is 7.46. The van der Waals surface area contributed by atoms with Crippen molar-refractivity contribution in [3.63, 3.8) is 0 Å². The second-order valence-electron chi connectivity index (χ2n) is 10.0. The van der Waals surface area contributed by atoms with Gasteiger partial charge in [-0.1, -0.05) is 56.0 Å². The molecule has 1 saturated carbocycles.